The highest BCUT2D eigenvalue weighted by atomic mass is 19.4. The van der Waals surface area contributed by atoms with Crippen LogP contribution >= 0.6 is 0 Å². The highest BCUT2D eigenvalue weighted by molar-refractivity contribution is 5.71. The van der Waals surface area contributed by atoms with Crippen molar-refractivity contribution in [3.8, 4) is 0 Å². The Morgan fingerprint density at radius 1 is 1.53 bits per heavy atom. The van der Waals surface area contributed by atoms with E-state index < -0.39 is 30.7 Å². The summed E-state index contributed by atoms with van der Waals surface area (Å²) in [5, 5.41) is 17.5. The predicted molar refractivity (Wildman–Crippen MR) is 44.2 cm³/mol. The third-order valence-corrected chi connectivity index (χ3v) is 2.38. The molecule has 7 heteroatoms. The number of nitrogens with zero attached hydrogens (tertiary/aromatic N) is 1. The molecule has 2 atom stereocenters. The molecule has 1 saturated heterocycles. The van der Waals surface area contributed by atoms with Crippen LogP contribution in [0.3, 0.4) is 0 Å². The first-order chi connectivity index (χ1) is 6.80. The number of β-amino-alcohol motifs (C(OH)–C–C–N with tert-alkyl or cyclic N) is 1. The number of aliphatic hydroxyl groups is 1. The Hall–Kier alpha value is -0.820. The van der Waals surface area contributed by atoms with Crippen LogP contribution in [0.4, 0.5) is 13.2 Å². The summed E-state index contributed by atoms with van der Waals surface area (Å²) < 4.78 is 36.8. The molecule has 88 valence electrons. The van der Waals surface area contributed by atoms with Crippen molar-refractivity contribution in [2.75, 3.05) is 19.6 Å². The Morgan fingerprint density at radius 2 is 2.13 bits per heavy atom. The van der Waals surface area contributed by atoms with Gasteiger partial charge in [0.25, 0.3) is 0 Å². The fourth-order valence-corrected chi connectivity index (χ4v) is 1.56. The summed E-state index contributed by atoms with van der Waals surface area (Å²) in [5.41, 5.74) is 0. The number of carbonyl (C=O) groups is 1. The monoisotopic (exact) mass is 227 g/mol. The SMILES string of the molecule is O=C(O)C(CN1CCC(O)C1)C(F)(F)F. The molecule has 1 heterocycles. The lowest BCUT2D eigenvalue weighted by atomic mass is 10.1. The Labute approximate surface area is 84.3 Å². The van der Waals surface area contributed by atoms with Gasteiger partial charge in [-0.15, -0.1) is 0 Å². The van der Waals surface area contributed by atoms with Crippen molar-refractivity contribution in [3.63, 3.8) is 0 Å². The zero-order chi connectivity index (χ0) is 11.6. The lowest BCUT2D eigenvalue weighted by Gasteiger charge is -2.22. The zero-order valence-corrected chi connectivity index (χ0v) is 7.87. The molecular formula is C8H12F3NO3. The average Bonchev–Trinajstić information content (AvgIpc) is 2.44. The number of aliphatic hydroxyl groups excluding tert-OH is 1. The summed E-state index contributed by atoms with van der Waals surface area (Å²) in [7, 11) is 0. The van der Waals surface area contributed by atoms with Gasteiger partial charge in [-0.25, -0.2) is 0 Å². The van der Waals surface area contributed by atoms with Crippen molar-refractivity contribution >= 4 is 5.97 Å². The van der Waals surface area contributed by atoms with Crippen LogP contribution in [0.1, 0.15) is 6.42 Å². The first-order valence-corrected chi connectivity index (χ1v) is 4.50. The fourth-order valence-electron chi connectivity index (χ4n) is 1.56. The molecule has 0 spiro atoms. The number of likely N-dealkylation sites (tertiary alicyclic amines) is 1. The molecule has 1 aliphatic heterocycles. The second-order valence-corrected chi connectivity index (χ2v) is 3.63. The van der Waals surface area contributed by atoms with E-state index in [9.17, 15) is 18.0 Å². The van der Waals surface area contributed by atoms with Crippen LogP contribution in [-0.2, 0) is 4.79 Å². The van der Waals surface area contributed by atoms with Crippen LogP contribution < -0.4 is 0 Å². The number of halogens is 3. The van der Waals surface area contributed by atoms with E-state index in [1.54, 1.807) is 0 Å². The fraction of sp³-hybridized carbons (Fsp3) is 0.875. The molecule has 0 amide bonds. The van der Waals surface area contributed by atoms with Gasteiger partial charge in [0.1, 0.15) is 0 Å². The van der Waals surface area contributed by atoms with Gasteiger partial charge in [0.05, 0.1) is 6.10 Å². The van der Waals surface area contributed by atoms with E-state index in [1.165, 1.54) is 4.90 Å². The Bertz CT molecular complexity index is 244. The Kier molecular flexibility index (Phi) is 3.56. The normalized spacial score (nSPS) is 25.5. The van der Waals surface area contributed by atoms with Gasteiger partial charge in [-0.3, -0.25) is 9.69 Å². The average molecular weight is 227 g/mol. The van der Waals surface area contributed by atoms with Gasteiger partial charge in [0.15, 0.2) is 5.92 Å². The molecule has 0 aromatic heterocycles. The summed E-state index contributed by atoms with van der Waals surface area (Å²) in [4.78, 5) is 11.7. The summed E-state index contributed by atoms with van der Waals surface area (Å²) in [6.07, 6.45) is -4.99. The van der Waals surface area contributed by atoms with Crippen LogP contribution in [-0.4, -0.2) is 53.0 Å². The van der Waals surface area contributed by atoms with E-state index in [1.807, 2.05) is 0 Å². The molecule has 0 aliphatic carbocycles. The van der Waals surface area contributed by atoms with Gasteiger partial charge in [-0.2, -0.15) is 13.2 Å². The maximum Gasteiger partial charge on any atom is 0.403 e. The zero-order valence-electron chi connectivity index (χ0n) is 7.87. The Balaban J connectivity index is 2.56. The Morgan fingerprint density at radius 3 is 2.47 bits per heavy atom. The third kappa shape index (κ3) is 3.35. The number of rotatable bonds is 3. The van der Waals surface area contributed by atoms with Crippen LogP contribution in [0.25, 0.3) is 0 Å². The number of hydrogen-bond donors (Lipinski definition) is 2. The lowest BCUT2D eigenvalue weighted by Crippen LogP contribution is -2.40. The molecule has 0 aromatic rings. The van der Waals surface area contributed by atoms with Gasteiger partial charge in [-0.05, 0) is 6.42 Å². The van der Waals surface area contributed by atoms with Crippen molar-refractivity contribution in [2.45, 2.75) is 18.7 Å². The van der Waals surface area contributed by atoms with Crippen molar-refractivity contribution in [1.29, 1.82) is 0 Å². The van der Waals surface area contributed by atoms with Crippen LogP contribution in [0.15, 0.2) is 0 Å². The van der Waals surface area contributed by atoms with Crippen molar-refractivity contribution in [1.82, 2.24) is 4.90 Å². The van der Waals surface area contributed by atoms with Crippen LogP contribution in [0.5, 0.6) is 0 Å². The topological polar surface area (TPSA) is 60.8 Å². The minimum atomic E-state index is -4.74. The molecule has 2 N–H and O–H groups in total. The van der Waals surface area contributed by atoms with E-state index in [0.717, 1.165) is 0 Å². The number of aliphatic carboxylic acids is 1. The summed E-state index contributed by atoms with van der Waals surface area (Å²) >= 11 is 0. The third-order valence-electron chi connectivity index (χ3n) is 2.38. The van der Waals surface area contributed by atoms with E-state index in [2.05, 4.69) is 0 Å². The molecule has 1 rings (SSSR count). The minimum Gasteiger partial charge on any atom is -0.481 e. The molecule has 0 radical (unpaired) electrons. The van der Waals surface area contributed by atoms with Crippen LogP contribution in [0, 0.1) is 5.92 Å². The van der Waals surface area contributed by atoms with E-state index in [0.29, 0.717) is 13.0 Å². The van der Waals surface area contributed by atoms with Crippen LogP contribution in [0.2, 0.25) is 0 Å². The van der Waals surface area contributed by atoms with Gasteiger partial charge in [0, 0.05) is 19.6 Å². The summed E-state index contributed by atoms with van der Waals surface area (Å²) in [6.45, 7) is -0.170. The minimum absolute atomic E-state index is 0.111. The first kappa shape index (κ1) is 12.3. The van der Waals surface area contributed by atoms with E-state index >= 15 is 0 Å². The molecule has 15 heavy (non-hydrogen) atoms. The lowest BCUT2D eigenvalue weighted by molar-refractivity contribution is -0.196. The maximum atomic E-state index is 12.3. The van der Waals surface area contributed by atoms with E-state index in [-0.39, 0.29) is 6.54 Å². The van der Waals surface area contributed by atoms with Crippen molar-refractivity contribution in [2.24, 2.45) is 5.92 Å². The summed E-state index contributed by atoms with van der Waals surface area (Å²) in [5.74, 6) is -4.24. The predicted octanol–water partition coefficient (Wildman–Crippen LogP) is 0.316. The molecule has 0 aromatic carbocycles. The summed E-state index contributed by atoms with van der Waals surface area (Å²) in [6, 6.07) is 0. The van der Waals surface area contributed by atoms with E-state index in [4.69, 9.17) is 10.2 Å². The molecular weight excluding hydrogens is 215 g/mol. The number of alkyl halides is 3. The van der Waals surface area contributed by atoms with Crippen molar-refractivity contribution in [3.05, 3.63) is 0 Å². The standard InChI is InChI=1S/C8H12F3NO3/c9-8(10,11)6(7(14)15)4-12-2-1-5(13)3-12/h5-6,13H,1-4H2,(H,14,15). The molecule has 0 saturated carbocycles. The van der Waals surface area contributed by atoms with Gasteiger partial charge in [0.2, 0.25) is 0 Å². The van der Waals surface area contributed by atoms with Crippen molar-refractivity contribution < 1.29 is 28.2 Å². The second-order valence-electron chi connectivity index (χ2n) is 3.63. The highest BCUT2D eigenvalue weighted by Gasteiger charge is 2.46. The number of carboxylic acids is 1. The first-order valence-electron chi connectivity index (χ1n) is 4.50. The maximum absolute atomic E-state index is 12.3. The second kappa shape index (κ2) is 4.36. The molecule has 0 bridgehead atoms. The largest absolute Gasteiger partial charge is 0.481 e. The smallest absolute Gasteiger partial charge is 0.403 e. The van der Waals surface area contributed by atoms with Gasteiger partial charge in [-0.1, -0.05) is 0 Å². The molecule has 4 nitrogen and oxygen atoms in total. The number of carboxylic acid groups (broad SMARTS) is 1. The quantitative estimate of drug-likeness (QED) is 0.728. The highest BCUT2D eigenvalue weighted by Crippen LogP contribution is 2.28. The molecule has 1 fully saturated rings. The van der Waals surface area contributed by atoms with Gasteiger partial charge < -0.3 is 10.2 Å². The molecule has 1 aliphatic rings. The molecule has 2 unspecified atom stereocenters. The van der Waals surface area contributed by atoms with Gasteiger partial charge >= 0.3 is 12.1 Å². The number of hydrogen-bond acceptors (Lipinski definition) is 3.